The van der Waals surface area contributed by atoms with E-state index in [9.17, 15) is 9.59 Å². The van der Waals surface area contributed by atoms with Crippen LogP contribution in [-0.4, -0.2) is 22.2 Å². The number of aromatic carboxylic acids is 2. The van der Waals surface area contributed by atoms with Crippen molar-refractivity contribution in [1.29, 1.82) is 0 Å². The van der Waals surface area contributed by atoms with E-state index in [1.165, 1.54) is 37.0 Å². The highest BCUT2D eigenvalue weighted by Gasteiger charge is 2.09. The summed E-state index contributed by atoms with van der Waals surface area (Å²) in [6.45, 7) is 3.87. The molecule has 0 aliphatic rings. The van der Waals surface area contributed by atoms with Crippen LogP contribution in [0.1, 0.15) is 58.0 Å². The topological polar surface area (TPSA) is 74.6 Å². The van der Waals surface area contributed by atoms with Crippen LogP contribution in [0.25, 0.3) is 6.08 Å². The van der Waals surface area contributed by atoms with E-state index >= 15 is 0 Å². The molecule has 2 aromatic rings. The number of hydrogen-bond acceptors (Lipinski definition) is 2. The quantitative estimate of drug-likeness (QED) is 0.701. The summed E-state index contributed by atoms with van der Waals surface area (Å²) < 4.78 is 0. The summed E-state index contributed by atoms with van der Waals surface area (Å²) in [5, 5.41) is 17.2. The Labute approximate surface area is 148 Å². The molecule has 0 bridgehead atoms. The van der Waals surface area contributed by atoms with E-state index in [4.69, 9.17) is 10.2 Å². The normalized spacial score (nSPS) is 10.2. The number of rotatable bonds is 6. The van der Waals surface area contributed by atoms with Gasteiger partial charge in [-0.05, 0) is 42.7 Å². The van der Waals surface area contributed by atoms with Crippen molar-refractivity contribution >= 4 is 18.0 Å². The van der Waals surface area contributed by atoms with Gasteiger partial charge < -0.3 is 10.2 Å². The van der Waals surface area contributed by atoms with Crippen molar-refractivity contribution in [2.45, 2.75) is 33.1 Å². The number of benzene rings is 2. The summed E-state index contributed by atoms with van der Waals surface area (Å²) in [5.74, 6) is -2.24. The van der Waals surface area contributed by atoms with E-state index in [0.717, 1.165) is 6.07 Å². The van der Waals surface area contributed by atoms with E-state index in [2.05, 4.69) is 43.3 Å². The summed E-state index contributed by atoms with van der Waals surface area (Å²) in [6, 6.07) is 14.4. The van der Waals surface area contributed by atoms with Gasteiger partial charge in [0.1, 0.15) is 0 Å². The van der Waals surface area contributed by atoms with Crippen molar-refractivity contribution in [3.63, 3.8) is 0 Å². The van der Waals surface area contributed by atoms with Gasteiger partial charge in [0.2, 0.25) is 0 Å². The Balaban J connectivity index is 0.000000251. The van der Waals surface area contributed by atoms with Crippen molar-refractivity contribution in [2.24, 2.45) is 0 Å². The van der Waals surface area contributed by atoms with Crippen LogP contribution in [0.15, 0.2) is 54.6 Å². The molecule has 2 aromatic carbocycles. The molecule has 4 heteroatoms. The van der Waals surface area contributed by atoms with Gasteiger partial charge in [0.25, 0.3) is 0 Å². The Kier molecular flexibility index (Phi) is 8.72. The largest absolute Gasteiger partial charge is 0.478 e. The fraction of sp³-hybridized carbons (Fsp3) is 0.238. The first-order valence-electron chi connectivity index (χ1n) is 8.24. The zero-order valence-electron chi connectivity index (χ0n) is 14.6. The number of carboxylic acid groups (broad SMARTS) is 2. The lowest BCUT2D eigenvalue weighted by molar-refractivity contribution is 0.0696. The molecule has 132 valence electrons. The van der Waals surface area contributed by atoms with Gasteiger partial charge >= 0.3 is 11.9 Å². The molecule has 0 amide bonds. The molecule has 0 heterocycles. The summed E-state index contributed by atoms with van der Waals surface area (Å²) >= 11 is 0. The minimum absolute atomic E-state index is 0.00241. The second-order valence-electron chi connectivity index (χ2n) is 5.65. The van der Waals surface area contributed by atoms with Gasteiger partial charge in [0.15, 0.2) is 0 Å². The molecule has 0 atom stereocenters. The Morgan fingerprint density at radius 1 is 0.960 bits per heavy atom. The highest BCUT2D eigenvalue weighted by atomic mass is 16.4. The average molecular weight is 340 g/mol. The number of unbranched alkanes of at least 4 members (excludes halogenated alkanes) is 2. The van der Waals surface area contributed by atoms with Gasteiger partial charge in [-0.15, -0.1) is 0 Å². The van der Waals surface area contributed by atoms with Crippen LogP contribution in [0, 0.1) is 6.92 Å². The fourth-order valence-corrected chi connectivity index (χ4v) is 2.14. The molecule has 0 saturated carbocycles. The van der Waals surface area contributed by atoms with Crippen molar-refractivity contribution in [2.75, 3.05) is 0 Å². The first-order valence-corrected chi connectivity index (χ1v) is 8.24. The molecule has 0 saturated heterocycles. The predicted molar refractivity (Wildman–Crippen MR) is 100 cm³/mol. The first kappa shape index (κ1) is 20.2. The second kappa shape index (κ2) is 10.8. The first-order chi connectivity index (χ1) is 11.9. The Morgan fingerprint density at radius 2 is 1.52 bits per heavy atom. The number of carbonyl (C=O) groups is 2. The van der Waals surface area contributed by atoms with Crippen molar-refractivity contribution < 1.29 is 19.8 Å². The van der Waals surface area contributed by atoms with Crippen molar-refractivity contribution in [1.82, 2.24) is 0 Å². The third-order valence-electron chi connectivity index (χ3n) is 3.41. The average Bonchev–Trinajstić information content (AvgIpc) is 2.59. The maximum absolute atomic E-state index is 10.5. The summed E-state index contributed by atoms with van der Waals surface area (Å²) in [5.41, 5.74) is 1.92. The van der Waals surface area contributed by atoms with Crippen LogP contribution < -0.4 is 0 Å². The predicted octanol–water partition coefficient (Wildman–Crippen LogP) is 5.28. The van der Waals surface area contributed by atoms with Gasteiger partial charge in [-0.1, -0.05) is 62.2 Å². The number of aryl methyl sites for hydroxylation is 1. The van der Waals surface area contributed by atoms with Crippen LogP contribution in [0.3, 0.4) is 0 Å². The third kappa shape index (κ3) is 7.97. The fourth-order valence-electron chi connectivity index (χ4n) is 2.14. The molecule has 0 aromatic heterocycles. The van der Waals surface area contributed by atoms with Crippen LogP contribution in [0.4, 0.5) is 0 Å². The highest BCUT2D eigenvalue weighted by molar-refractivity contribution is 5.94. The smallest absolute Gasteiger partial charge is 0.335 e. The van der Waals surface area contributed by atoms with Crippen LogP contribution in [0.5, 0.6) is 0 Å². The lowest BCUT2D eigenvalue weighted by atomic mass is 10.1. The molecule has 2 rings (SSSR count). The molecule has 0 spiro atoms. The van der Waals surface area contributed by atoms with Crippen molar-refractivity contribution in [3.8, 4) is 0 Å². The number of allylic oxidation sites excluding steroid dienone is 1. The lowest BCUT2D eigenvalue weighted by Crippen LogP contribution is -2.02. The molecular formula is C21H24O4. The zero-order chi connectivity index (χ0) is 18.7. The molecule has 2 N–H and O–H groups in total. The van der Waals surface area contributed by atoms with Crippen molar-refractivity contribution in [3.05, 3.63) is 76.9 Å². The molecular weight excluding hydrogens is 316 g/mol. The van der Waals surface area contributed by atoms with Gasteiger partial charge in [0, 0.05) is 0 Å². The molecule has 0 aliphatic carbocycles. The van der Waals surface area contributed by atoms with Gasteiger partial charge in [-0.3, -0.25) is 0 Å². The Hall–Kier alpha value is -2.88. The maximum atomic E-state index is 10.5. The summed E-state index contributed by atoms with van der Waals surface area (Å²) in [4.78, 5) is 21.1. The Bertz CT molecular complexity index is 686. The summed E-state index contributed by atoms with van der Waals surface area (Å²) in [6.07, 6.45) is 8.21. The second-order valence-corrected chi connectivity index (χ2v) is 5.65. The highest BCUT2D eigenvalue weighted by Crippen LogP contribution is 2.09. The number of carboxylic acids is 2. The van der Waals surface area contributed by atoms with Gasteiger partial charge in [-0.2, -0.15) is 0 Å². The minimum Gasteiger partial charge on any atom is -0.478 e. The summed E-state index contributed by atoms with van der Waals surface area (Å²) in [7, 11) is 0. The van der Waals surface area contributed by atoms with Crippen LogP contribution in [0.2, 0.25) is 0 Å². The standard InChI is InChI=1S/C12H16.C9H8O4/c1-2-3-4-6-9-12-10-7-5-8-11-12;1-5-2-6(8(10)11)4-7(3-5)9(12)13/h5-11H,2-4H2,1H3;2-4H,1H3,(H,10,11)(H,12,13). The van der Waals surface area contributed by atoms with Gasteiger partial charge in [0.05, 0.1) is 11.1 Å². The SMILES string of the molecule is CCCCC=Cc1ccccc1.Cc1cc(C(=O)O)cc(C(=O)O)c1. The van der Waals surface area contributed by atoms with E-state index in [1.54, 1.807) is 6.92 Å². The molecule has 0 radical (unpaired) electrons. The molecule has 0 unspecified atom stereocenters. The monoisotopic (exact) mass is 340 g/mol. The molecule has 4 nitrogen and oxygen atoms in total. The van der Waals surface area contributed by atoms with Crippen LogP contribution >= 0.6 is 0 Å². The zero-order valence-corrected chi connectivity index (χ0v) is 14.6. The minimum atomic E-state index is -1.12. The van der Waals surface area contributed by atoms with E-state index in [1.807, 2.05) is 6.07 Å². The maximum Gasteiger partial charge on any atom is 0.335 e. The molecule has 0 aliphatic heterocycles. The molecule has 25 heavy (non-hydrogen) atoms. The molecule has 0 fully saturated rings. The Morgan fingerprint density at radius 3 is 2.00 bits per heavy atom. The van der Waals surface area contributed by atoms with E-state index < -0.39 is 11.9 Å². The lowest BCUT2D eigenvalue weighted by Gasteiger charge is -1.99. The van der Waals surface area contributed by atoms with Crippen LogP contribution in [-0.2, 0) is 0 Å². The van der Waals surface area contributed by atoms with E-state index in [-0.39, 0.29) is 11.1 Å². The van der Waals surface area contributed by atoms with Gasteiger partial charge in [-0.25, -0.2) is 9.59 Å². The third-order valence-corrected chi connectivity index (χ3v) is 3.41. The van der Waals surface area contributed by atoms with E-state index in [0.29, 0.717) is 5.56 Å². The number of hydrogen-bond donors (Lipinski definition) is 2.